The third-order valence-corrected chi connectivity index (χ3v) is 6.41. The van der Waals surface area contributed by atoms with Gasteiger partial charge in [0.2, 0.25) is 5.91 Å². The zero-order chi connectivity index (χ0) is 18.1. The fraction of sp³-hybridized carbons (Fsp3) is 0.364. The second-order valence-corrected chi connectivity index (χ2v) is 8.26. The Hall–Kier alpha value is -2.20. The quantitative estimate of drug-likeness (QED) is 0.637. The largest absolute Gasteiger partial charge is 0.333 e. The Morgan fingerprint density at radius 2 is 2.08 bits per heavy atom. The molecular formula is C22H24N2OS. The van der Waals surface area contributed by atoms with Crippen LogP contribution in [-0.2, 0) is 11.2 Å². The summed E-state index contributed by atoms with van der Waals surface area (Å²) in [6.45, 7) is 5.09. The Kier molecular flexibility index (Phi) is 4.77. The van der Waals surface area contributed by atoms with Gasteiger partial charge in [0.05, 0.1) is 16.3 Å². The van der Waals surface area contributed by atoms with Gasteiger partial charge in [-0.3, -0.25) is 4.79 Å². The summed E-state index contributed by atoms with van der Waals surface area (Å²) in [6.07, 6.45) is 3.48. The van der Waals surface area contributed by atoms with Crippen molar-refractivity contribution in [2.75, 3.05) is 6.54 Å². The highest BCUT2D eigenvalue weighted by molar-refractivity contribution is 7.18. The first-order valence-corrected chi connectivity index (χ1v) is 10.1. The summed E-state index contributed by atoms with van der Waals surface area (Å²) < 4.78 is 1.21. The second kappa shape index (κ2) is 7.20. The summed E-state index contributed by atoms with van der Waals surface area (Å²) in [5, 5.41) is 1.09. The number of para-hydroxylation sites is 1. The SMILES string of the molecule is Cc1ccc(CCC(=O)N2CCCC2c2nc3ccccc3s2)c(C)c1. The minimum atomic E-state index is 0.152. The Balaban J connectivity index is 1.48. The van der Waals surface area contributed by atoms with Gasteiger partial charge in [0.15, 0.2) is 0 Å². The lowest BCUT2D eigenvalue weighted by Gasteiger charge is -2.23. The first kappa shape index (κ1) is 17.2. The summed E-state index contributed by atoms with van der Waals surface area (Å²) >= 11 is 1.73. The van der Waals surface area contributed by atoms with E-state index in [4.69, 9.17) is 4.98 Å². The van der Waals surface area contributed by atoms with Crippen LogP contribution in [0, 0.1) is 13.8 Å². The smallest absolute Gasteiger partial charge is 0.223 e. The second-order valence-electron chi connectivity index (χ2n) is 7.19. The van der Waals surface area contributed by atoms with Crippen molar-refractivity contribution in [3.05, 3.63) is 64.2 Å². The average molecular weight is 365 g/mol. The predicted octanol–water partition coefficient (Wildman–Crippen LogP) is 5.21. The highest BCUT2D eigenvalue weighted by atomic mass is 32.1. The van der Waals surface area contributed by atoms with Gasteiger partial charge in [0.1, 0.15) is 5.01 Å². The van der Waals surface area contributed by atoms with Crippen molar-refractivity contribution in [2.45, 2.75) is 45.6 Å². The molecule has 1 aliphatic heterocycles. The standard InChI is InChI=1S/C22H24N2OS/c1-15-9-10-17(16(2)14-15)11-12-21(25)24-13-5-7-19(24)22-23-18-6-3-4-8-20(18)26-22/h3-4,6,8-10,14,19H,5,7,11-13H2,1-2H3. The van der Waals surface area contributed by atoms with E-state index in [9.17, 15) is 4.79 Å². The number of hydrogen-bond acceptors (Lipinski definition) is 3. The van der Waals surface area contributed by atoms with E-state index in [1.165, 1.54) is 21.4 Å². The van der Waals surface area contributed by atoms with Crippen LogP contribution in [0.1, 0.15) is 47.0 Å². The summed E-state index contributed by atoms with van der Waals surface area (Å²) in [5.74, 6) is 0.256. The van der Waals surface area contributed by atoms with Gasteiger partial charge in [-0.2, -0.15) is 0 Å². The Bertz CT molecular complexity index is 913. The molecule has 2 aromatic carbocycles. The van der Waals surface area contributed by atoms with Crippen LogP contribution < -0.4 is 0 Å². The van der Waals surface area contributed by atoms with Gasteiger partial charge in [-0.05, 0) is 56.4 Å². The van der Waals surface area contributed by atoms with Crippen molar-refractivity contribution >= 4 is 27.5 Å². The van der Waals surface area contributed by atoms with Crippen LogP contribution in [0.25, 0.3) is 10.2 Å². The topological polar surface area (TPSA) is 33.2 Å². The number of hydrogen-bond donors (Lipinski definition) is 0. The maximum atomic E-state index is 12.9. The number of rotatable bonds is 4. The molecule has 1 aromatic heterocycles. The number of nitrogens with zero attached hydrogens (tertiary/aromatic N) is 2. The van der Waals surface area contributed by atoms with Crippen LogP contribution in [-0.4, -0.2) is 22.3 Å². The van der Waals surface area contributed by atoms with Gasteiger partial charge in [-0.25, -0.2) is 4.98 Å². The molecule has 4 heteroatoms. The molecule has 26 heavy (non-hydrogen) atoms. The minimum absolute atomic E-state index is 0.152. The molecule has 1 fully saturated rings. The normalized spacial score (nSPS) is 17.2. The van der Waals surface area contributed by atoms with Crippen molar-refractivity contribution in [1.29, 1.82) is 0 Å². The number of benzene rings is 2. The van der Waals surface area contributed by atoms with Crippen molar-refractivity contribution in [2.24, 2.45) is 0 Å². The molecule has 1 atom stereocenters. The van der Waals surface area contributed by atoms with E-state index < -0.39 is 0 Å². The van der Waals surface area contributed by atoms with Crippen molar-refractivity contribution in [1.82, 2.24) is 9.88 Å². The average Bonchev–Trinajstić information content (AvgIpc) is 3.27. The van der Waals surface area contributed by atoms with E-state index in [0.717, 1.165) is 36.3 Å². The molecule has 0 spiro atoms. The molecule has 3 aromatic rings. The molecular weight excluding hydrogens is 340 g/mol. The number of aryl methyl sites for hydroxylation is 3. The Morgan fingerprint density at radius 3 is 2.88 bits per heavy atom. The fourth-order valence-electron chi connectivity index (χ4n) is 3.87. The Morgan fingerprint density at radius 1 is 1.23 bits per heavy atom. The Labute approximate surface area is 158 Å². The van der Waals surface area contributed by atoms with E-state index in [1.807, 2.05) is 12.1 Å². The van der Waals surface area contributed by atoms with E-state index in [-0.39, 0.29) is 11.9 Å². The lowest BCUT2D eigenvalue weighted by Crippen LogP contribution is -2.30. The zero-order valence-corrected chi connectivity index (χ0v) is 16.2. The van der Waals surface area contributed by atoms with E-state index in [1.54, 1.807) is 11.3 Å². The number of thiazole rings is 1. The number of amides is 1. The molecule has 1 saturated heterocycles. The van der Waals surface area contributed by atoms with Gasteiger partial charge < -0.3 is 4.90 Å². The molecule has 1 amide bonds. The molecule has 0 aliphatic carbocycles. The molecule has 4 rings (SSSR count). The van der Waals surface area contributed by atoms with Crippen LogP contribution in [0.15, 0.2) is 42.5 Å². The summed E-state index contributed by atoms with van der Waals surface area (Å²) in [7, 11) is 0. The lowest BCUT2D eigenvalue weighted by molar-refractivity contribution is -0.132. The third kappa shape index (κ3) is 3.38. The molecule has 0 radical (unpaired) electrons. The number of aromatic nitrogens is 1. The van der Waals surface area contributed by atoms with Crippen LogP contribution in [0.3, 0.4) is 0 Å². The highest BCUT2D eigenvalue weighted by Gasteiger charge is 2.31. The maximum Gasteiger partial charge on any atom is 0.223 e. The number of likely N-dealkylation sites (tertiary alicyclic amines) is 1. The van der Waals surface area contributed by atoms with Crippen LogP contribution in [0.5, 0.6) is 0 Å². The third-order valence-electron chi connectivity index (χ3n) is 5.27. The summed E-state index contributed by atoms with van der Waals surface area (Å²) in [6, 6.07) is 14.9. The molecule has 1 unspecified atom stereocenters. The molecule has 3 nitrogen and oxygen atoms in total. The van der Waals surface area contributed by atoms with Crippen LogP contribution >= 0.6 is 11.3 Å². The minimum Gasteiger partial charge on any atom is -0.333 e. The summed E-state index contributed by atoms with van der Waals surface area (Å²) in [5.41, 5.74) is 4.87. The van der Waals surface area contributed by atoms with Gasteiger partial charge in [0.25, 0.3) is 0 Å². The van der Waals surface area contributed by atoms with Gasteiger partial charge in [-0.1, -0.05) is 35.9 Å². The van der Waals surface area contributed by atoms with Crippen molar-refractivity contribution in [3.8, 4) is 0 Å². The molecule has 2 heterocycles. The lowest BCUT2D eigenvalue weighted by atomic mass is 10.0. The van der Waals surface area contributed by atoms with Crippen molar-refractivity contribution in [3.63, 3.8) is 0 Å². The van der Waals surface area contributed by atoms with Gasteiger partial charge >= 0.3 is 0 Å². The molecule has 0 N–H and O–H groups in total. The number of carbonyl (C=O) groups excluding carboxylic acids is 1. The van der Waals surface area contributed by atoms with E-state index >= 15 is 0 Å². The number of fused-ring (bicyclic) bond motifs is 1. The van der Waals surface area contributed by atoms with Crippen LogP contribution in [0.2, 0.25) is 0 Å². The van der Waals surface area contributed by atoms with Gasteiger partial charge in [-0.15, -0.1) is 11.3 Å². The monoisotopic (exact) mass is 364 g/mol. The van der Waals surface area contributed by atoms with Gasteiger partial charge in [0, 0.05) is 13.0 Å². The molecule has 134 valence electrons. The number of carbonyl (C=O) groups is 1. The molecule has 1 aliphatic rings. The van der Waals surface area contributed by atoms with Crippen LogP contribution in [0.4, 0.5) is 0 Å². The maximum absolute atomic E-state index is 12.9. The zero-order valence-electron chi connectivity index (χ0n) is 15.4. The highest BCUT2D eigenvalue weighted by Crippen LogP contribution is 2.36. The van der Waals surface area contributed by atoms with E-state index in [0.29, 0.717) is 6.42 Å². The molecule has 0 bridgehead atoms. The predicted molar refractivity (Wildman–Crippen MR) is 108 cm³/mol. The molecule has 0 saturated carbocycles. The van der Waals surface area contributed by atoms with Crippen molar-refractivity contribution < 1.29 is 4.79 Å². The first-order valence-electron chi connectivity index (χ1n) is 9.33. The summed E-state index contributed by atoms with van der Waals surface area (Å²) in [4.78, 5) is 19.7. The fourth-order valence-corrected chi connectivity index (χ4v) is 4.98. The first-order chi connectivity index (χ1) is 12.6. The van der Waals surface area contributed by atoms with E-state index in [2.05, 4.69) is 49.1 Å².